The number of hydrogen-bond donors (Lipinski definition) is 1. The molecule has 0 unspecified atom stereocenters. The number of carbonyl (C=O) groups is 1. The van der Waals surface area contributed by atoms with Crippen molar-refractivity contribution < 1.29 is 9.37 Å². The van der Waals surface area contributed by atoms with Gasteiger partial charge in [-0.05, 0) is 6.07 Å². The molecule has 0 spiro atoms. The minimum Gasteiger partial charge on any atom is -0.359 e. The number of benzene rings is 1. The van der Waals surface area contributed by atoms with Gasteiger partial charge in [-0.1, -0.05) is 18.2 Å². The molecular weight excluding hydrogens is 238 g/mol. The van der Waals surface area contributed by atoms with E-state index in [0.717, 1.165) is 18.7 Å². The standard InChI is InChI=1S/C15H17N3O/c1-16-15(19)9-12-11-5-3-4-6-13(11)18-8-7-17(2)10-14(12)18/h3-6,10H,7-9H2,1-2H3/p+1. The Morgan fingerprint density at radius 1 is 1.42 bits per heavy atom. The third-order valence-electron chi connectivity index (χ3n) is 3.76. The molecule has 0 saturated carbocycles. The molecule has 3 rings (SSSR count). The Morgan fingerprint density at radius 3 is 3.00 bits per heavy atom. The lowest BCUT2D eigenvalue weighted by molar-refractivity contribution is -0.496. The van der Waals surface area contributed by atoms with Gasteiger partial charge in [-0.2, -0.15) is 0 Å². The number of carbonyl (C=O) groups excluding carboxylic acids is 1. The minimum atomic E-state index is 0.0563. The van der Waals surface area contributed by atoms with Crippen molar-refractivity contribution in [1.82, 2.24) is 9.88 Å². The Kier molecular flexibility index (Phi) is 2.85. The summed E-state index contributed by atoms with van der Waals surface area (Å²) in [7, 11) is 3.76. The van der Waals surface area contributed by atoms with Crippen LogP contribution in [0.5, 0.6) is 0 Å². The molecular formula is C15H18N3O+. The van der Waals surface area contributed by atoms with Crippen LogP contribution in [0.1, 0.15) is 11.3 Å². The van der Waals surface area contributed by atoms with Crippen LogP contribution in [-0.2, 0) is 17.8 Å². The van der Waals surface area contributed by atoms with E-state index in [4.69, 9.17) is 0 Å². The number of nitrogens with one attached hydrogen (secondary N) is 1. The molecule has 1 aliphatic rings. The largest absolute Gasteiger partial charge is 0.359 e. The van der Waals surface area contributed by atoms with Crippen LogP contribution in [0.25, 0.3) is 10.9 Å². The van der Waals surface area contributed by atoms with Crippen molar-refractivity contribution in [3.8, 4) is 0 Å². The molecule has 1 aromatic heterocycles. The maximum atomic E-state index is 11.7. The van der Waals surface area contributed by atoms with Crippen LogP contribution in [0, 0.1) is 0 Å². The Balaban J connectivity index is 2.24. The number of nitrogens with zero attached hydrogens (tertiary/aromatic N) is 2. The molecule has 1 aliphatic heterocycles. The Labute approximate surface area is 112 Å². The summed E-state index contributed by atoms with van der Waals surface area (Å²) >= 11 is 0. The molecule has 0 radical (unpaired) electrons. The van der Waals surface area contributed by atoms with Gasteiger partial charge in [0.2, 0.25) is 5.91 Å². The van der Waals surface area contributed by atoms with Gasteiger partial charge in [-0.25, -0.2) is 4.58 Å². The van der Waals surface area contributed by atoms with Crippen molar-refractivity contribution in [3.63, 3.8) is 0 Å². The van der Waals surface area contributed by atoms with E-state index in [0.29, 0.717) is 6.42 Å². The van der Waals surface area contributed by atoms with Crippen LogP contribution in [0.4, 0.5) is 0 Å². The van der Waals surface area contributed by atoms with E-state index in [1.54, 1.807) is 7.05 Å². The van der Waals surface area contributed by atoms with Gasteiger partial charge in [0.15, 0.2) is 12.8 Å². The first-order chi connectivity index (χ1) is 9.20. The number of aromatic nitrogens is 1. The van der Waals surface area contributed by atoms with Crippen molar-refractivity contribution in [2.45, 2.75) is 13.0 Å². The van der Waals surface area contributed by atoms with Gasteiger partial charge < -0.3 is 9.88 Å². The molecule has 2 heterocycles. The second kappa shape index (κ2) is 4.53. The summed E-state index contributed by atoms with van der Waals surface area (Å²) in [5.41, 5.74) is 3.51. The Hall–Kier alpha value is -2.10. The molecule has 0 aliphatic carbocycles. The molecule has 1 N–H and O–H groups in total. The Bertz CT molecular complexity index is 682. The molecule has 0 bridgehead atoms. The van der Waals surface area contributed by atoms with E-state index >= 15 is 0 Å². The summed E-state index contributed by atoms with van der Waals surface area (Å²) in [6, 6.07) is 8.32. The first-order valence-corrected chi connectivity index (χ1v) is 6.56. The fourth-order valence-corrected chi connectivity index (χ4v) is 2.75. The zero-order valence-corrected chi connectivity index (χ0v) is 11.3. The normalized spacial score (nSPS) is 14.1. The number of para-hydroxylation sites is 1. The van der Waals surface area contributed by atoms with Crippen LogP contribution in [0.3, 0.4) is 0 Å². The average molecular weight is 256 g/mol. The van der Waals surface area contributed by atoms with Gasteiger partial charge in [0, 0.05) is 23.5 Å². The van der Waals surface area contributed by atoms with Crippen LogP contribution >= 0.6 is 0 Å². The summed E-state index contributed by atoms with van der Waals surface area (Å²) in [6.45, 7) is 1.97. The summed E-state index contributed by atoms with van der Waals surface area (Å²) in [4.78, 5) is 11.7. The van der Waals surface area contributed by atoms with Crippen molar-refractivity contribution in [2.75, 3.05) is 20.6 Å². The highest BCUT2D eigenvalue weighted by Crippen LogP contribution is 2.27. The van der Waals surface area contributed by atoms with Crippen LogP contribution in [-0.4, -0.2) is 41.9 Å². The van der Waals surface area contributed by atoms with E-state index in [2.05, 4.69) is 45.9 Å². The van der Waals surface area contributed by atoms with Crippen LogP contribution in [0.15, 0.2) is 24.3 Å². The molecule has 2 aromatic rings. The van der Waals surface area contributed by atoms with Gasteiger partial charge in [-0.3, -0.25) is 4.79 Å². The fraction of sp³-hybridized carbons (Fsp3) is 0.333. The van der Waals surface area contributed by atoms with Gasteiger partial charge in [0.05, 0.1) is 13.0 Å². The second-order valence-electron chi connectivity index (χ2n) is 4.99. The van der Waals surface area contributed by atoms with Crippen molar-refractivity contribution in [2.24, 2.45) is 0 Å². The topological polar surface area (TPSA) is 37.0 Å². The van der Waals surface area contributed by atoms with Gasteiger partial charge in [-0.15, -0.1) is 0 Å². The van der Waals surface area contributed by atoms with Crippen molar-refractivity contribution in [1.29, 1.82) is 0 Å². The zero-order valence-electron chi connectivity index (χ0n) is 11.3. The molecule has 0 saturated heterocycles. The number of hydrogen-bond acceptors (Lipinski definition) is 1. The van der Waals surface area contributed by atoms with Gasteiger partial charge in [0.1, 0.15) is 12.7 Å². The summed E-state index contributed by atoms with van der Waals surface area (Å²) in [6.07, 6.45) is 2.57. The monoisotopic (exact) mass is 256 g/mol. The first kappa shape index (κ1) is 12.0. The van der Waals surface area contributed by atoms with E-state index in [1.165, 1.54) is 16.6 Å². The Morgan fingerprint density at radius 2 is 2.21 bits per heavy atom. The summed E-state index contributed by atoms with van der Waals surface area (Å²) < 4.78 is 4.50. The molecule has 98 valence electrons. The summed E-state index contributed by atoms with van der Waals surface area (Å²) in [5, 5.41) is 3.90. The highest BCUT2D eigenvalue weighted by Gasteiger charge is 2.22. The smallest absolute Gasteiger partial charge is 0.224 e. The quantitative estimate of drug-likeness (QED) is 0.800. The zero-order chi connectivity index (χ0) is 13.4. The van der Waals surface area contributed by atoms with Crippen molar-refractivity contribution >= 4 is 23.0 Å². The third-order valence-corrected chi connectivity index (χ3v) is 3.76. The number of likely N-dealkylation sites (N-methyl/N-ethyl adjacent to an activating group) is 2. The first-order valence-electron chi connectivity index (χ1n) is 6.56. The van der Waals surface area contributed by atoms with Crippen LogP contribution in [0.2, 0.25) is 0 Å². The van der Waals surface area contributed by atoms with Gasteiger partial charge in [0.25, 0.3) is 0 Å². The molecule has 1 amide bonds. The number of rotatable bonds is 2. The molecule has 0 atom stereocenters. The molecule has 4 nitrogen and oxygen atoms in total. The predicted molar refractivity (Wildman–Crippen MR) is 75.9 cm³/mol. The highest BCUT2D eigenvalue weighted by atomic mass is 16.1. The number of fused-ring (bicyclic) bond motifs is 3. The molecule has 0 fully saturated rings. The second-order valence-corrected chi connectivity index (χ2v) is 4.99. The van der Waals surface area contributed by atoms with E-state index in [1.807, 2.05) is 6.07 Å². The lowest BCUT2D eigenvalue weighted by Crippen LogP contribution is -2.25. The highest BCUT2D eigenvalue weighted by molar-refractivity contribution is 5.97. The molecule has 1 aromatic carbocycles. The molecule has 4 heteroatoms. The maximum Gasteiger partial charge on any atom is 0.224 e. The van der Waals surface area contributed by atoms with E-state index in [9.17, 15) is 4.79 Å². The summed E-state index contributed by atoms with van der Waals surface area (Å²) in [5.74, 6) is 0.0563. The van der Waals surface area contributed by atoms with E-state index in [-0.39, 0.29) is 5.91 Å². The predicted octanol–water partition coefficient (Wildman–Crippen LogP) is 1.00. The van der Waals surface area contributed by atoms with E-state index < -0.39 is 0 Å². The minimum absolute atomic E-state index is 0.0563. The van der Waals surface area contributed by atoms with Crippen LogP contribution < -0.4 is 5.32 Å². The SMILES string of the molecule is CNC(=O)Cc1c2n(c3ccccc13)CC[N+](C)=C2. The number of amides is 1. The lowest BCUT2D eigenvalue weighted by Gasteiger charge is -2.11. The maximum absolute atomic E-state index is 11.7. The fourth-order valence-electron chi connectivity index (χ4n) is 2.75. The van der Waals surface area contributed by atoms with Gasteiger partial charge >= 0.3 is 0 Å². The van der Waals surface area contributed by atoms with Crippen molar-refractivity contribution in [3.05, 3.63) is 35.5 Å². The lowest BCUT2D eigenvalue weighted by atomic mass is 10.1. The third kappa shape index (κ3) is 1.93. The average Bonchev–Trinajstić information content (AvgIpc) is 2.73. The molecule has 19 heavy (non-hydrogen) atoms.